The molecule has 2 nitrogen and oxygen atoms in total. The number of aryl methyl sites for hydroxylation is 1. The molecule has 166 valence electrons. The molecule has 0 fully saturated rings. The second-order valence-corrected chi connectivity index (χ2v) is 11.2. The van der Waals surface area contributed by atoms with Crippen LogP contribution in [0.3, 0.4) is 0 Å². The number of Topliss-reactive ketones (excluding diaryl/α,β-unsaturated/α-hetero) is 1. The van der Waals surface area contributed by atoms with E-state index in [9.17, 15) is 4.79 Å². The number of nitrogens with zero attached hydrogens (tertiary/aromatic N) is 1. The standard InChI is InChI=1S/C30H30NOP/c32-27(17-13-16-26-14-5-1-6-15-26)24-25-31-33(28-18-7-2-8-19-28,29-20-9-3-10-21-29)30-22-11-4-12-23-30/h1-12,14-15,18-23H,13,16-17,24-25H2. The van der Waals surface area contributed by atoms with Crippen LogP contribution in [0.2, 0.25) is 0 Å². The highest BCUT2D eigenvalue weighted by atomic mass is 31.2. The second kappa shape index (κ2) is 11.6. The van der Waals surface area contributed by atoms with Crippen molar-refractivity contribution in [3.63, 3.8) is 0 Å². The predicted molar refractivity (Wildman–Crippen MR) is 141 cm³/mol. The summed E-state index contributed by atoms with van der Waals surface area (Å²) in [6.07, 6.45) is 2.93. The van der Waals surface area contributed by atoms with Crippen molar-refractivity contribution in [1.82, 2.24) is 0 Å². The Hall–Kier alpha value is -3.22. The van der Waals surface area contributed by atoms with E-state index in [0.29, 0.717) is 25.2 Å². The summed E-state index contributed by atoms with van der Waals surface area (Å²) in [6, 6.07) is 42.1. The Kier molecular flexibility index (Phi) is 8.06. The smallest absolute Gasteiger partial charge is 0.134 e. The quantitative estimate of drug-likeness (QED) is 0.266. The number of hydrogen-bond acceptors (Lipinski definition) is 2. The molecule has 0 radical (unpaired) electrons. The largest absolute Gasteiger partial charge is 0.300 e. The van der Waals surface area contributed by atoms with Crippen LogP contribution in [0.15, 0.2) is 126 Å². The molecular formula is C30H30NOP. The molecule has 0 saturated heterocycles. The number of rotatable bonds is 10. The minimum absolute atomic E-state index is 0.293. The van der Waals surface area contributed by atoms with Gasteiger partial charge < -0.3 is 0 Å². The molecule has 4 aromatic rings. The lowest BCUT2D eigenvalue weighted by atomic mass is 10.1. The van der Waals surface area contributed by atoms with Gasteiger partial charge in [-0.2, -0.15) is 0 Å². The molecule has 3 heteroatoms. The number of carbonyl (C=O) groups excluding carboxylic acids is 1. The van der Waals surface area contributed by atoms with Crippen molar-refractivity contribution in [2.24, 2.45) is 4.74 Å². The van der Waals surface area contributed by atoms with Gasteiger partial charge in [-0.15, -0.1) is 0 Å². The fourth-order valence-electron chi connectivity index (χ4n) is 4.21. The van der Waals surface area contributed by atoms with Gasteiger partial charge in [0, 0.05) is 35.3 Å². The normalized spacial score (nSPS) is 11.2. The highest BCUT2D eigenvalue weighted by Gasteiger charge is 2.26. The third-order valence-corrected chi connectivity index (χ3v) is 9.62. The number of ketones is 1. The molecular weight excluding hydrogens is 421 g/mol. The lowest BCUT2D eigenvalue weighted by molar-refractivity contribution is -0.118. The Labute approximate surface area is 197 Å². The molecule has 0 saturated carbocycles. The molecule has 0 aliphatic carbocycles. The van der Waals surface area contributed by atoms with E-state index >= 15 is 0 Å². The van der Waals surface area contributed by atoms with E-state index in [-0.39, 0.29) is 0 Å². The zero-order chi connectivity index (χ0) is 22.8. The van der Waals surface area contributed by atoms with E-state index in [1.165, 1.54) is 21.5 Å². The van der Waals surface area contributed by atoms with Gasteiger partial charge in [-0.3, -0.25) is 9.54 Å². The molecule has 0 bridgehead atoms. The Morgan fingerprint density at radius 2 is 1.00 bits per heavy atom. The van der Waals surface area contributed by atoms with Crippen LogP contribution in [-0.2, 0) is 11.2 Å². The minimum Gasteiger partial charge on any atom is -0.300 e. The summed E-state index contributed by atoms with van der Waals surface area (Å²) in [4.78, 5) is 12.7. The predicted octanol–water partition coefficient (Wildman–Crippen LogP) is 6.15. The van der Waals surface area contributed by atoms with E-state index in [4.69, 9.17) is 4.74 Å². The van der Waals surface area contributed by atoms with Crippen LogP contribution in [-0.4, -0.2) is 12.3 Å². The third-order valence-electron chi connectivity index (χ3n) is 5.86. The first-order chi connectivity index (χ1) is 16.3. The van der Waals surface area contributed by atoms with Crippen LogP contribution in [0.1, 0.15) is 24.8 Å². The van der Waals surface area contributed by atoms with Gasteiger partial charge in [-0.05, 0) is 18.4 Å². The molecule has 0 aliphatic heterocycles. The summed E-state index contributed by atoms with van der Waals surface area (Å²) in [7, 11) is -2.21. The van der Waals surface area contributed by atoms with Crippen molar-refractivity contribution in [3.05, 3.63) is 127 Å². The van der Waals surface area contributed by atoms with Crippen molar-refractivity contribution < 1.29 is 4.79 Å². The number of hydrogen-bond donors (Lipinski definition) is 0. The zero-order valence-corrected chi connectivity index (χ0v) is 19.8. The van der Waals surface area contributed by atoms with Crippen molar-refractivity contribution in [1.29, 1.82) is 0 Å². The average Bonchev–Trinajstić information content (AvgIpc) is 2.89. The topological polar surface area (TPSA) is 29.4 Å². The molecule has 4 aromatic carbocycles. The molecule has 33 heavy (non-hydrogen) atoms. The summed E-state index contributed by atoms with van der Waals surface area (Å²) in [5.41, 5.74) is 1.29. The maximum Gasteiger partial charge on any atom is 0.134 e. The van der Waals surface area contributed by atoms with Crippen LogP contribution < -0.4 is 15.9 Å². The first kappa shape index (κ1) is 23.0. The Bertz CT molecular complexity index is 1090. The van der Waals surface area contributed by atoms with Gasteiger partial charge >= 0.3 is 0 Å². The van der Waals surface area contributed by atoms with Crippen LogP contribution in [0.5, 0.6) is 0 Å². The van der Waals surface area contributed by atoms with Gasteiger partial charge in [0.25, 0.3) is 0 Å². The Balaban J connectivity index is 1.59. The van der Waals surface area contributed by atoms with Gasteiger partial charge in [0.05, 0.1) is 7.05 Å². The Morgan fingerprint density at radius 3 is 1.45 bits per heavy atom. The van der Waals surface area contributed by atoms with Crippen molar-refractivity contribution in [3.8, 4) is 0 Å². The van der Waals surface area contributed by atoms with Crippen LogP contribution in [0.25, 0.3) is 0 Å². The van der Waals surface area contributed by atoms with Gasteiger partial charge in [0.1, 0.15) is 5.78 Å². The molecule has 0 aliphatic rings. The van der Waals surface area contributed by atoms with Crippen molar-refractivity contribution in [2.75, 3.05) is 6.54 Å². The monoisotopic (exact) mass is 451 g/mol. The number of benzene rings is 4. The second-order valence-electron chi connectivity index (χ2n) is 8.13. The SMILES string of the molecule is O=C(CCCc1ccccc1)CCN=P(c1ccccc1)(c1ccccc1)c1ccccc1. The molecule has 0 N–H and O–H groups in total. The first-order valence-electron chi connectivity index (χ1n) is 11.6. The summed E-state index contributed by atoms with van der Waals surface area (Å²) < 4.78 is 5.36. The fourth-order valence-corrected chi connectivity index (χ4v) is 7.80. The maximum absolute atomic E-state index is 12.7. The van der Waals surface area contributed by atoms with E-state index in [0.717, 1.165) is 12.8 Å². The van der Waals surface area contributed by atoms with Crippen molar-refractivity contribution >= 4 is 28.8 Å². The summed E-state index contributed by atoms with van der Waals surface area (Å²) in [6.45, 7) is 0.538. The van der Waals surface area contributed by atoms with E-state index in [2.05, 4.69) is 97.1 Å². The summed E-state index contributed by atoms with van der Waals surface area (Å²) in [5, 5.41) is 3.66. The molecule has 0 heterocycles. The maximum atomic E-state index is 12.7. The molecule has 4 rings (SSSR count). The van der Waals surface area contributed by atoms with Gasteiger partial charge in [-0.1, -0.05) is 121 Å². The minimum atomic E-state index is -2.21. The number of carbonyl (C=O) groups is 1. The fraction of sp³-hybridized carbons (Fsp3) is 0.167. The van der Waals surface area contributed by atoms with E-state index in [1.54, 1.807) is 0 Å². The first-order valence-corrected chi connectivity index (χ1v) is 13.3. The average molecular weight is 452 g/mol. The molecule has 0 atom stereocenters. The van der Waals surface area contributed by atoms with Crippen LogP contribution >= 0.6 is 7.05 Å². The van der Waals surface area contributed by atoms with Crippen LogP contribution in [0.4, 0.5) is 0 Å². The Morgan fingerprint density at radius 1 is 0.576 bits per heavy atom. The van der Waals surface area contributed by atoms with Gasteiger partial charge in [0.15, 0.2) is 0 Å². The van der Waals surface area contributed by atoms with Crippen LogP contribution in [0, 0.1) is 0 Å². The molecule has 0 aromatic heterocycles. The van der Waals surface area contributed by atoms with Gasteiger partial charge in [-0.25, -0.2) is 0 Å². The highest BCUT2D eigenvalue weighted by Crippen LogP contribution is 2.46. The summed E-state index contributed by atoms with van der Waals surface area (Å²) in [5.74, 6) is 0.293. The zero-order valence-electron chi connectivity index (χ0n) is 18.9. The lowest BCUT2D eigenvalue weighted by Gasteiger charge is -2.27. The molecule has 0 spiro atoms. The summed E-state index contributed by atoms with van der Waals surface area (Å²) >= 11 is 0. The molecule has 0 amide bonds. The van der Waals surface area contributed by atoms with Gasteiger partial charge in [0.2, 0.25) is 0 Å². The van der Waals surface area contributed by atoms with E-state index in [1.807, 2.05) is 24.3 Å². The lowest BCUT2D eigenvalue weighted by Crippen LogP contribution is -2.25. The van der Waals surface area contributed by atoms with E-state index < -0.39 is 7.05 Å². The highest BCUT2D eigenvalue weighted by molar-refractivity contribution is 7.87. The molecule has 0 unspecified atom stereocenters. The third kappa shape index (κ3) is 5.78. The van der Waals surface area contributed by atoms with Crippen molar-refractivity contribution in [2.45, 2.75) is 25.7 Å².